The summed E-state index contributed by atoms with van der Waals surface area (Å²) in [5.74, 6) is 0.510. The highest BCUT2D eigenvalue weighted by Gasteiger charge is 2.05. The van der Waals surface area contributed by atoms with Gasteiger partial charge in [0, 0.05) is 18.7 Å². The van der Waals surface area contributed by atoms with Crippen molar-refractivity contribution in [3.63, 3.8) is 0 Å². The van der Waals surface area contributed by atoms with Gasteiger partial charge in [-0.3, -0.25) is 0 Å². The molecule has 1 aromatic heterocycles. The summed E-state index contributed by atoms with van der Waals surface area (Å²) >= 11 is 6.98. The second-order valence-electron chi connectivity index (χ2n) is 2.74. The van der Waals surface area contributed by atoms with Crippen LogP contribution in [-0.4, -0.2) is 35.7 Å². The van der Waals surface area contributed by atoms with E-state index in [-0.39, 0.29) is 6.61 Å². The monoisotopic (exact) mass is 256 g/mol. The van der Waals surface area contributed by atoms with Gasteiger partial charge in [0.15, 0.2) is 0 Å². The van der Waals surface area contributed by atoms with Crippen LogP contribution in [0.1, 0.15) is 10.0 Å². The third-order valence-electron chi connectivity index (χ3n) is 1.52. The minimum atomic E-state index is -2.41. The molecule has 0 radical (unpaired) electrons. The van der Waals surface area contributed by atoms with E-state index in [1.165, 1.54) is 11.3 Å². The molecule has 0 spiro atoms. The third-order valence-corrected chi connectivity index (χ3v) is 2.75. The third kappa shape index (κ3) is 5.34. The zero-order chi connectivity index (χ0) is 11.1. The molecule has 86 valence electrons. The zero-order valence-electron chi connectivity index (χ0n) is 7.96. The lowest BCUT2D eigenvalue weighted by Gasteiger charge is -2.00. The second-order valence-corrected chi connectivity index (χ2v) is 4.27. The van der Waals surface area contributed by atoms with E-state index >= 15 is 0 Å². The molecule has 3 nitrogen and oxygen atoms in total. The van der Waals surface area contributed by atoms with Gasteiger partial charge < -0.3 is 4.74 Å². The highest BCUT2D eigenvalue weighted by atomic mass is 35.5. The molecule has 0 aliphatic carbocycles. The van der Waals surface area contributed by atoms with Crippen LogP contribution in [0.3, 0.4) is 0 Å². The summed E-state index contributed by atoms with van der Waals surface area (Å²) in [6, 6.07) is 0. The average molecular weight is 257 g/mol. The van der Waals surface area contributed by atoms with Gasteiger partial charge in [-0.15, -0.1) is 33.1 Å². The largest absolute Gasteiger partial charge is 0.375 e. The van der Waals surface area contributed by atoms with Gasteiger partial charge >= 0.3 is 0 Å². The number of hydrogen-bond donors (Lipinski definition) is 0. The fourth-order valence-electron chi connectivity index (χ4n) is 0.903. The molecule has 1 heterocycles. The van der Waals surface area contributed by atoms with Crippen molar-refractivity contribution in [2.75, 3.05) is 19.1 Å². The molecule has 1 rings (SSSR count). The summed E-state index contributed by atoms with van der Waals surface area (Å²) in [6.45, 7) is -0.271. The summed E-state index contributed by atoms with van der Waals surface area (Å²) in [5, 5.41) is 9.46. The van der Waals surface area contributed by atoms with Crippen LogP contribution in [0.4, 0.5) is 8.78 Å². The number of aryl methyl sites for hydroxylation is 1. The van der Waals surface area contributed by atoms with Crippen molar-refractivity contribution < 1.29 is 13.5 Å². The summed E-state index contributed by atoms with van der Waals surface area (Å²) in [6.07, 6.45) is -1.20. The number of nitrogens with zero attached hydrogens (tertiary/aromatic N) is 2. The SMILES string of the molecule is FC(F)COCCc1nnc(CCCl)s1. The van der Waals surface area contributed by atoms with Crippen LogP contribution < -0.4 is 0 Å². The van der Waals surface area contributed by atoms with Crippen LogP contribution in [0.2, 0.25) is 0 Å². The topological polar surface area (TPSA) is 35.0 Å². The lowest BCUT2D eigenvalue weighted by atomic mass is 10.5. The van der Waals surface area contributed by atoms with Gasteiger partial charge in [0.2, 0.25) is 0 Å². The van der Waals surface area contributed by atoms with E-state index in [9.17, 15) is 8.78 Å². The number of aromatic nitrogens is 2. The Morgan fingerprint density at radius 2 is 1.93 bits per heavy atom. The molecule has 0 unspecified atom stereocenters. The van der Waals surface area contributed by atoms with Crippen LogP contribution in [0.15, 0.2) is 0 Å². The molecular formula is C8H11ClF2N2OS. The molecule has 0 amide bonds. The summed E-state index contributed by atoms with van der Waals surface area (Å²) in [4.78, 5) is 0. The highest BCUT2D eigenvalue weighted by Crippen LogP contribution is 2.11. The van der Waals surface area contributed by atoms with Gasteiger partial charge in [0.1, 0.15) is 16.6 Å². The maximum atomic E-state index is 11.7. The first-order valence-corrected chi connectivity index (χ1v) is 5.80. The second kappa shape index (κ2) is 7.03. The van der Waals surface area contributed by atoms with E-state index in [1.807, 2.05) is 0 Å². The van der Waals surface area contributed by atoms with E-state index in [4.69, 9.17) is 16.3 Å². The van der Waals surface area contributed by atoms with Crippen molar-refractivity contribution in [2.24, 2.45) is 0 Å². The van der Waals surface area contributed by atoms with Crippen molar-refractivity contribution in [1.82, 2.24) is 10.2 Å². The normalized spacial score (nSPS) is 11.2. The van der Waals surface area contributed by atoms with Crippen LogP contribution in [-0.2, 0) is 17.6 Å². The molecule has 0 aromatic carbocycles. The van der Waals surface area contributed by atoms with Crippen LogP contribution in [0, 0.1) is 0 Å². The molecule has 0 saturated carbocycles. The quantitative estimate of drug-likeness (QED) is 0.554. The number of hydrogen-bond acceptors (Lipinski definition) is 4. The Kier molecular flexibility index (Phi) is 5.97. The number of halogens is 3. The molecule has 0 N–H and O–H groups in total. The van der Waals surface area contributed by atoms with E-state index in [0.29, 0.717) is 18.7 Å². The van der Waals surface area contributed by atoms with Crippen molar-refractivity contribution in [2.45, 2.75) is 19.3 Å². The Morgan fingerprint density at radius 3 is 2.53 bits per heavy atom. The fraction of sp³-hybridized carbons (Fsp3) is 0.750. The van der Waals surface area contributed by atoms with Gasteiger partial charge in [-0.25, -0.2) is 8.78 Å². The maximum absolute atomic E-state index is 11.7. The van der Waals surface area contributed by atoms with Crippen LogP contribution in [0.5, 0.6) is 0 Å². The summed E-state index contributed by atoms with van der Waals surface area (Å²) in [5.41, 5.74) is 0. The highest BCUT2D eigenvalue weighted by molar-refractivity contribution is 7.11. The van der Waals surface area contributed by atoms with Gasteiger partial charge in [0.05, 0.1) is 6.61 Å². The van der Waals surface area contributed by atoms with Crippen LogP contribution >= 0.6 is 22.9 Å². The predicted molar refractivity (Wildman–Crippen MR) is 54.9 cm³/mol. The number of alkyl halides is 3. The summed E-state index contributed by atoms with van der Waals surface area (Å²) in [7, 11) is 0. The molecule has 1 aromatic rings. The van der Waals surface area contributed by atoms with Crippen molar-refractivity contribution in [3.8, 4) is 0 Å². The molecular weight excluding hydrogens is 246 g/mol. The molecule has 0 aliphatic rings. The minimum absolute atomic E-state index is 0.250. The lowest BCUT2D eigenvalue weighted by molar-refractivity contribution is 0.0186. The van der Waals surface area contributed by atoms with E-state index in [0.717, 1.165) is 10.0 Å². The van der Waals surface area contributed by atoms with Crippen LogP contribution in [0.25, 0.3) is 0 Å². The Labute approximate surface area is 95.4 Å². The maximum Gasteiger partial charge on any atom is 0.261 e. The smallest absolute Gasteiger partial charge is 0.261 e. The molecule has 0 saturated heterocycles. The van der Waals surface area contributed by atoms with Gasteiger partial charge in [0.25, 0.3) is 6.43 Å². The zero-order valence-corrected chi connectivity index (χ0v) is 9.53. The fourth-order valence-corrected chi connectivity index (χ4v) is 2.02. The van der Waals surface area contributed by atoms with Crippen molar-refractivity contribution >= 4 is 22.9 Å². The number of rotatable bonds is 7. The predicted octanol–water partition coefficient (Wildman–Crippen LogP) is 2.14. The molecule has 0 atom stereocenters. The average Bonchev–Trinajstić information content (AvgIpc) is 2.61. The minimum Gasteiger partial charge on any atom is -0.375 e. The standard InChI is InChI=1S/C8H11ClF2N2OS/c9-3-1-7-12-13-8(15-7)2-4-14-5-6(10)11/h6H,1-5H2. The first-order valence-electron chi connectivity index (χ1n) is 4.45. The van der Waals surface area contributed by atoms with E-state index in [2.05, 4.69) is 10.2 Å². The molecule has 0 fully saturated rings. The number of ether oxygens (including phenoxy) is 1. The first kappa shape index (κ1) is 12.7. The Morgan fingerprint density at radius 1 is 1.27 bits per heavy atom. The molecule has 0 aliphatic heterocycles. The van der Waals surface area contributed by atoms with E-state index < -0.39 is 13.0 Å². The van der Waals surface area contributed by atoms with E-state index in [1.54, 1.807) is 0 Å². The molecule has 7 heteroatoms. The Bertz CT molecular complexity index is 285. The molecule has 0 bridgehead atoms. The molecule has 15 heavy (non-hydrogen) atoms. The van der Waals surface area contributed by atoms with Gasteiger partial charge in [-0.2, -0.15) is 0 Å². The summed E-state index contributed by atoms with van der Waals surface area (Å²) < 4.78 is 28.1. The Hall–Kier alpha value is -0.330. The van der Waals surface area contributed by atoms with Gasteiger partial charge in [-0.05, 0) is 0 Å². The van der Waals surface area contributed by atoms with Crippen molar-refractivity contribution in [3.05, 3.63) is 10.0 Å². The van der Waals surface area contributed by atoms with Crippen molar-refractivity contribution in [1.29, 1.82) is 0 Å². The first-order chi connectivity index (χ1) is 7.22. The lowest BCUT2D eigenvalue weighted by Crippen LogP contribution is -2.06. The van der Waals surface area contributed by atoms with Gasteiger partial charge in [-0.1, -0.05) is 0 Å². The Balaban J connectivity index is 2.19.